The molecule has 2 aromatic heterocycles. The third kappa shape index (κ3) is 4.56. The van der Waals surface area contributed by atoms with Crippen molar-refractivity contribution in [2.24, 2.45) is 5.92 Å². The van der Waals surface area contributed by atoms with Gasteiger partial charge in [0.05, 0.1) is 6.20 Å². The van der Waals surface area contributed by atoms with Crippen LogP contribution in [0.25, 0.3) is 11.0 Å². The third-order valence-electron chi connectivity index (χ3n) is 8.07. The first-order valence-electron chi connectivity index (χ1n) is 12.7. The maximum atomic E-state index is 15.4. The topological polar surface area (TPSA) is 67.5 Å². The monoisotopic (exact) mass is 517 g/mol. The number of H-pyrrole nitrogens is 1. The van der Waals surface area contributed by atoms with E-state index in [0.717, 1.165) is 54.7 Å². The fourth-order valence-corrected chi connectivity index (χ4v) is 6.38. The van der Waals surface area contributed by atoms with Crippen LogP contribution in [0.2, 0.25) is 0 Å². The predicted molar refractivity (Wildman–Crippen MR) is 127 cm³/mol. The molecule has 3 aromatic rings. The van der Waals surface area contributed by atoms with Gasteiger partial charge in [-0.25, -0.2) is 9.37 Å². The molecule has 2 aliphatic heterocycles. The molecule has 6 nitrogen and oxygen atoms in total. The molecule has 1 aliphatic carbocycles. The van der Waals surface area contributed by atoms with Gasteiger partial charge in [-0.1, -0.05) is 0 Å². The summed E-state index contributed by atoms with van der Waals surface area (Å²) in [4.78, 5) is 22.5. The molecule has 0 spiro atoms. The second kappa shape index (κ2) is 9.31. The summed E-state index contributed by atoms with van der Waals surface area (Å²) < 4.78 is 62.2. The first kappa shape index (κ1) is 24.2. The number of carbonyl (C=O) groups is 1. The molecular weight excluding hydrogens is 490 g/mol. The molecule has 10 heteroatoms. The van der Waals surface area contributed by atoms with Crippen LogP contribution in [-0.4, -0.2) is 53.4 Å². The van der Waals surface area contributed by atoms with E-state index in [1.807, 2.05) is 0 Å². The van der Waals surface area contributed by atoms with Crippen molar-refractivity contribution < 1.29 is 31.8 Å². The highest BCUT2D eigenvalue weighted by Gasteiger charge is 2.38. The van der Waals surface area contributed by atoms with Gasteiger partial charge in [0.2, 0.25) is 0 Å². The Morgan fingerprint density at radius 1 is 1.08 bits per heavy atom. The summed E-state index contributed by atoms with van der Waals surface area (Å²) in [6.45, 7) is 2.30. The number of hydrogen-bond acceptors (Lipinski definition) is 4. The minimum atomic E-state index is -4.79. The average Bonchev–Trinajstić information content (AvgIpc) is 3.27. The van der Waals surface area contributed by atoms with Gasteiger partial charge in [-0.3, -0.25) is 4.79 Å². The van der Waals surface area contributed by atoms with Crippen molar-refractivity contribution >= 4 is 16.9 Å². The number of likely N-dealkylation sites (tertiary alicyclic amines) is 1. The highest BCUT2D eigenvalue weighted by Crippen LogP contribution is 2.47. The van der Waals surface area contributed by atoms with Gasteiger partial charge < -0.3 is 19.4 Å². The van der Waals surface area contributed by atoms with Crippen LogP contribution in [0, 0.1) is 11.7 Å². The summed E-state index contributed by atoms with van der Waals surface area (Å²) in [5, 5.41) is 0.914. The number of halogens is 4. The molecule has 3 aliphatic rings. The normalized spacial score (nSPS) is 22.5. The number of fused-ring (bicyclic) bond motifs is 5. The van der Waals surface area contributed by atoms with Crippen LogP contribution in [-0.2, 0) is 11.2 Å². The number of alkyl halides is 3. The molecule has 0 radical (unpaired) electrons. The molecule has 1 amide bonds. The lowest BCUT2D eigenvalue weighted by molar-refractivity contribution is -0.274. The summed E-state index contributed by atoms with van der Waals surface area (Å²) in [5.74, 6) is -0.239. The number of ether oxygens (including phenoxy) is 2. The van der Waals surface area contributed by atoms with Crippen molar-refractivity contribution in [2.45, 2.75) is 50.3 Å². The Bertz CT molecular complexity index is 1310. The number of pyridine rings is 1. The van der Waals surface area contributed by atoms with Gasteiger partial charge in [-0.2, -0.15) is 0 Å². The number of piperidine rings is 1. The number of benzene rings is 1. The number of carbonyl (C=O) groups excluding carboxylic acids is 1. The van der Waals surface area contributed by atoms with Crippen LogP contribution in [0.15, 0.2) is 30.5 Å². The Balaban J connectivity index is 1.22. The quantitative estimate of drug-likeness (QED) is 0.454. The van der Waals surface area contributed by atoms with E-state index in [9.17, 15) is 18.0 Å². The van der Waals surface area contributed by atoms with Crippen molar-refractivity contribution in [3.05, 3.63) is 58.7 Å². The standard InChI is InChI=1S/C27H27F4N3O3/c28-20-13-32-25-24(23-19-9-12-36-14-17(19)3-6-21(23)33-25)22(20)15-7-10-34(11-8-15)26(35)16-1-4-18(5-2-16)37-27(29,30)31/h1-2,4-5,13,15,17,19H,3,6-12,14H2,(H,32,33)/t17-,19-/m1/s1. The Morgan fingerprint density at radius 3 is 2.57 bits per heavy atom. The van der Waals surface area contributed by atoms with E-state index >= 15 is 4.39 Å². The average molecular weight is 518 g/mol. The van der Waals surface area contributed by atoms with Crippen LogP contribution in [0.1, 0.15) is 64.7 Å². The summed E-state index contributed by atoms with van der Waals surface area (Å²) in [6, 6.07) is 4.93. The summed E-state index contributed by atoms with van der Waals surface area (Å²) in [7, 11) is 0. The molecule has 37 heavy (non-hydrogen) atoms. The lowest BCUT2D eigenvalue weighted by Gasteiger charge is -2.36. The molecule has 196 valence electrons. The Kier molecular flexibility index (Phi) is 6.09. The number of aromatic amines is 1. The van der Waals surface area contributed by atoms with Gasteiger partial charge in [-0.05, 0) is 79.7 Å². The lowest BCUT2D eigenvalue weighted by Crippen LogP contribution is -2.38. The van der Waals surface area contributed by atoms with Gasteiger partial charge in [0, 0.05) is 48.5 Å². The van der Waals surface area contributed by atoms with Crippen molar-refractivity contribution in [1.29, 1.82) is 0 Å². The highest BCUT2D eigenvalue weighted by atomic mass is 19.4. The van der Waals surface area contributed by atoms with Crippen molar-refractivity contribution in [2.75, 3.05) is 26.3 Å². The number of nitrogens with zero attached hydrogens (tertiary/aromatic N) is 2. The second-order valence-electron chi connectivity index (χ2n) is 10.2. The smallest absolute Gasteiger partial charge is 0.406 e. The van der Waals surface area contributed by atoms with E-state index in [1.54, 1.807) is 4.90 Å². The fourth-order valence-electron chi connectivity index (χ4n) is 6.38. The van der Waals surface area contributed by atoms with Crippen LogP contribution < -0.4 is 4.74 Å². The van der Waals surface area contributed by atoms with E-state index in [2.05, 4.69) is 14.7 Å². The highest BCUT2D eigenvalue weighted by molar-refractivity contribution is 5.94. The molecule has 0 unspecified atom stereocenters. The Morgan fingerprint density at radius 2 is 1.84 bits per heavy atom. The molecule has 2 atom stereocenters. The first-order chi connectivity index (χ1) is 17.8. The summed E-state index contributed by atoms with van der Waals surface area (Å²) >= 11 is 0. The van der Waals surface area contributed by atoms with E-state index in [1.165, 1.54) is 23.9 Å². The lowest BCUT2D eigenvalue weighted by atomic mass is 9.73. The zero-order valence-electron chi connectivity index (χ0n) is 20.1. The number of amides is 1. The van der Waals surface area contributed by atoms with Crippen LogP contribution in [0.3, 0.4) is 0 Å². The number of hydrogen-bond donors (Lipinski definition) is 1. The van der Waals surface area contributed by atoms with Crippen LogP contribution >= 0.6 is 0 Å². The maximum Gasteiger partial charge on any atom is 0.573 e. The first-order valence-corrected chi connectivity index (χ1v) is 12.7. The summed E-state index contributed by atoms with van der Waals surface area (Å²) in [5.41, 5.74) is 4.07. The second-order valence-corrected chi connectivity index (χ2v) is 10.2. The molecule has 1 aromatic carbocycles. The van der Waals surface area contributed by atoms with Crippen molar-refractivity contribution in [3.8, 4) is 5.75 Å². The molecule has 6 rings (SSSR count). The zero-order valence-corrected chi connectivity index (χ0v) is 20.1. The Hall–Kier alpha value is -3.14. The van der Waals surface area contributed by atoms with Crippen molar-refractivity contribution in [3.63, 3.8) is 0 Å². The molecule has 0 saturated carbocycles. The van der Waals surface area contributed by atoms with Gasteiger partial charge in [0.1, 0.15) is 17.2 Å². The molecule has 2 fully saturated rings. The Labute approximate surface area is 211 Å². The minimum Gasteiger partial charge on any atom is -0.406 e. The molecule has 4 heterocycles. The van der Waals surface area contributed by atoms with Gasteiger partial charge in [0.25, 0.3) is 5.91 Å². The van der Waals surface area contributed by atoms with Crippen LogP contribution in [0.5, 0.6) is 5.75 Å². The van der Waals surface area contributed by atoms with Gasteiger partial charge in [-0.15, -0.1) is 13.2 Å². The van der Waals surface area contributed by atoms with E-state index in [-0.39, 0.29) is 29.0 Å². The largest absolute Gasteiger partial charge is 0.573 e. The molecule has 1 N–H and O–H groups in total. The molecular formula is C27H27F4N3O3. The van der Waals surface area contributed by atoms with E-state index in [0.29, 0.717) is 49.9 Å². The van der Waals surface area contributed by atoms with Gasteiger partial charge >= 0.3 is 6.36 Å². The van der Waals surface area contributed by atoms with E-state index in [4.69, 9.17) is 4.74 Å². The molecule has 2 saturated heterocycles. The van der Waals surface area contributed by atoms with Gasteiger partial charge in [0.15, 0.2) is 0 Å². The fraction of sp³-hybridized carbons (Fsp3) is 0.481. The molecule has 0 bridgehead atoms. The summed E-state index contributed by atoms with van der Waals surface area (Å²) in [6.07, 6.45) is 0.556. The zero-order chi connectivity index (χ0) is 25.7. The number of aromatic nitrogens is 2. The minimum absolute atomic E-state index is 0.0581. The predicted octanol–water partition coefficient (Wildman–Crippen LogP) is 5.69. The van der Waals surface area contributed by atoms with Crippen molar-refractivity contribution in [1.82, 2.24) is 14.9 Å². The van der Waals surface area contributed by atoms with Crippen LogP contribution in [0.4, 0.5) is 17.6 Å². The maximum absolute atomic E-state index is 15.4. The van der Waals surface area contributed by atoms with E-state index < -0.39 is 6.36 Å². The number of aryl methyl sites for hydroxylation is 1. The third-order valence-corrected chi connectivity index (χ3v) is 8.07. The SMILES string of the molecule is O=C(c1ccc(OC(F)(F)F)cc1)N1CCC(c2c(F)cnc3[nH]c4c(c23)[C@@H]2CCOC[C@H]2CC4)CC1. The number of nitrogens with one attached hydrogen (secondary N) is 1. The number of rotatable bonds is 3.